The van der Waals surface area contributed by atoms with E-state index in [1.165, 1.54) is 12.1 Å². The summed E-state index contributed by atoms with van der Waals surface area (Å²) in [7, 11) is 0. The number of rotatable bonds is 6. The lowest BCUT2D eigenvalue weighted by Crippen LogP contribution is -2.44. The van der Waals surface area contributed by atoms with Crippen molar-refractivity contribution < 1.29 is 18.7 Å². The second-order valence-corrected chi connectivity index (χ2v) is 4.83. The molecule has 0 aliphatic heterocycles. The fraction of sp³-hybridized carbons (Fsp3) is 0.500. The molecule has 1 rings (SSSR count). The second-order valence-electron chi connectivity index (χ2n) is 4.83. The Balaban J connectivity index is 2.35. The number of hydrogen-bond acceptors (Lipinski definition) is 2. The molecule has 2 atom stereocenters. The summed E-state index contributed by atoms with van der Waals surface area (Å²) >= 11 is 0. The van der Waals surface area contributed by atoms with Crippen LogP contribution in [0.4, 0.5) is 13.6 Å². The molecule has 6 heteroatoms. The Hall–Kier alpha value is -1.69. The van der Waals surface area contributed by atoms with Gasteiger partial charge in [0.1, 0.15) is 11.6 Å². The van der Waals surface area contributed by atoms with Gasteiger partial charge < -0.3 is 15.7 Å². The molecule has 0 heterocycles. The summed E-state index contributed by atoms with van der Waals surface area (Å²) in [6.45, 7) is 3.84. The SMILES string of the molecule is CC(CO)C(C)NC(=O)NCCc1ccc(F)cc1F. The first-order valence-electron chi connectivity index (χ1n) is 6.53. The summed E-state index contributed by atoms with van der Waals surface area (Å²) in [4.78, 5) is 11.5. The zero-order valence-corrected chi connectivity index (χ0v) is 11.6. The molecule has 0 saturated carbocycles. The zero-order chi connectivity index (χ0) is 15.1. The van der Waals surface area contributed by atoms with E-state index in [-0.39, 0.29) is 37.6 Å². The number of benzene rings is 1. The van der Waals surface area contributed by atoms with E-state index in [1.54, 1.807) is 6.92 Å². The normalized spacial score (nSPS) is 13.7. The van der Waals surface area contributed by atoms with E-state index in [2.05, 4.69) is 10.6 Å². The molecule has 2 amide bonds. The molecule has 0 spiro atoms. The van der Waals surface area contributed by atoms with Gasteiger partial charge in [-0.05, 0) is 30.9 Å². The van der Waals surface area contributed by atoms with Gasteiger partial charge in [0.25, 0.3) is 0 Å². The lowest BCUT2D eigenvalue weighted by atomic mass is 10.1. The van der Waals surface area contributed by atoms with Gasteiger partial charge in [-0.1, -0.05) is 13.0 Å². The maximum Gasteiger partial charge on any atom is 0.315 e. The molecule has 0 aromatic heterocycles. The molecule has 1 aromatic carbocycles. The minimum atomic E-state index is -0.622. The van der Waals surface area contributed by atoms with E-state index in [0.29, 0.717) is 5.56 Å². The molecule has 20 heavy (non-hydrogen) atoms. The Kier molecular flexibility index (Phi) is 6.38. The summed E-state index contributed by atoms with van der Waals surface area (Å²) in [5.41, 5.74) is 0.350. The molecule has 3 N–H and O–H groups in total. The van der Waals surface area contributed by atoms with Gasteiger partial charge in [0.15, 0.2) is 0 Å². The van der Waals surface area contributed by atoms with Crippen LogP contribution < -0.4 is 10.6 Å². The number of aliphatic hydroxyl groups is 1. The van der Waals surface area contributed by atoms with Crippen molar-refractivity contribution in [1.29, 1.82) is 0 Å². The van der Waals surface area contributed by atoms with Crippen LogP contribution in [0.25, 0.3) is 0 Å². The van der Waals surface area contributed by atoms with Crippen molar-refractivity contribution in [3.05, 3.63) is 35.4 Å². The third kappa shape index (κ3) is 5.13. The van der Waals surface area contributed by atoms with E-state index >= 15 is 0 Å². The minimum Gasteiger partial charge on any atom is -0.396 e. The van der Waals surface area contributed by atoms with E-state index in [4.69, 9.17) is 5.11 Å². The van der Waals surface area contributed by atoms with Crippen LogP contribution in [-0.4, -0.2) is 30.3 Å². The molecule has 4 nitrogen and oxygen atoms in total. The molecular formula is C14H20F2N2O2. The topological polar surface area (TPSA) is 61.4 Å². The third-order valence-electron chi connectivity index (χ3n) is 3.20. The quantitative estimate of drug-likeness (QED) is 0.747. The third-order valence-corrected chi connectivity index (χ3v) is 3.20. The van der Waals surface area contributed by atoms with Gasteiger partial charge in [-0.2, -0.15) is 0 Å². The lowest BCUT2D eigenvalue weighted by molar-refractivity contribution is 0.200. The number of nitrogens with one attached hydrogen (secondary N) is 2. The van der Waals surface area contributed by atoms with Gasteiger partial charge in [-0.25, -0.2) is 13.6 Å². The fourth-order valence-electron chi connectivity index (χ4n) is 1.59. The molecule has 0 fully saturated rings. The van der Waals surface area contributed by atoms with Gasteiger partial charge >= 0.3 is 6.03 Å². The zero-order valence-electron chi connectivity index (χ0n) is 11.6. The maximum atomic E-state index is 13.3. The average Bonchev–Trinajstić information content (AvgIpc) is 2.40. The van der Waals surface area contributed by atoms with Gasteiger partial charge in [0, 0.05) is 25.3 Å². The first-order chi connectivity index (χ1) is 9.43. The van der Waals surface area contributed by atoms with Crippen molar-refractivity contribution in [1.82, 2.24) is 10.6 Å². The lowest BCUT2D eigenvalue weighted by Gasteiger charge is -2.19. The van der Waals surface area contributed by atoms with Crippen LogP contribution in [0.3, 0.4) is 0 Å². The highest BCUT2D eigenvalue weighted by atomic mass is 19.1. The predicted octanol–water partition coefficient (Wildman–Crippen LogP) is 1.82. The van der Waals surface area contributed by atoms with Crippen molar-refractivity contribution in [2.75, 3.05) is 13.2 Å². The number of aliphatic hydroxyl groups excluding tert-OH is 1. The summed E-state index contributed by atoms with van der Waals surface area (Å²) in [6.07, 6.45) is 0.281. The smallest absolute Gasteiger partial charge is 0.315 e. The van der Waals surface area contributed by atoms with Crippen LogP contribution in [0.2, 0.25) is 0 Å². The number of amides is 2. The highest BCUT2D eigenvalue weighted by Crippen LogP contribution is 2.09. The largest absolute Gasteiger partial charge is 0.396 e. The van der Waals surface area contributed by atoms with E-state index < -0.39 is 11.6 Å². The maximum absolute atomic E-state index is 13.3. The standard InChI is InChI=1S/C14H20F2N2O2/c1-9(8-19)10(2)18-14(20)17-6-5-11-3-4-12(15)7-13(11)16/h3-4,7,9-10,19H,5-6,8H2,1-2H3,(H2,17,18,20). The molecular weight excluding hydrogens is 266 g/mol. The van der Waals surface area contributed by atoms with Gasteiger partial charge in [0.2, 0.25) is 0 Å². The molecule has 0 aliphatic rings. The van der Waals surface area contributed by atoms with Crippen molar-refractivity contribution >= 4 is 6.03 Å². The van der Waals surface area contributed by atoms with Crippen molar-refractivity contribution in [2.24, 2.45) is 5.92 Å². The fourth-order valence-corrected chi connectivity index (χ4v) is 1.59. The number of halogens is 2. The summed E-state index contributed by atoms with van der Waals surface area (Å²) in [5.74, 6) is -1.28. The Morgan fingerprint density at radius 2 is 2.05 bits per heavy atom. The molecule has 112 valence electrons. The molecule has 0 aliphatic carbocycles. The number of urea groups is 1. The van der Waals surface area contributed by atoms with Crippen molar-refractivity contribution in [2.45, 2.75) is 26.3 Å². The summed E-state index contributed by atoms with van der Waals surface area (Å²) < 4.78 is 26.1. The van der Waals surface area contributed by atoms with E-state index in [1.807, 2.05) is 6.92 Å². The van der Waals surface area contributed by atoms with Gasteiger partial charge in [-0.15, -0.1) is 0 Å². The molecule has 0 bridgehead atoms. The summed E-state index contributed by atoms with van der Waals surface area (Å²) in [6, 6.07) is 2.83. The van der Waals surface area contributed by atoms with Crippen LogP contribution >= 0.6 is 0 Å². The number of hydrogen-bond donors (Lipinski definition) is 3. The van der Waals surface area contributed by atoms with Crippen molar-refractivity contribution in [3.8, 4) is 0 Å². The number of carbonyl (C=O) groups excluding carboxylic acids is 1. The van der Waals surface area contributed by atoms with Crippen LogP contribution in [0.15, 0.2) is 18.2 Å². The average molecular weight is 286 g/mol. The van der Waals surface area contributed by atoms with Crippen LogP contribution in [-0.2, 0) is 6.42 Å². The van der Waals surface area contributed by atoms with E-state index in [9.17, 15) is 13.6 Å². The Morgan fingerprint density at radius 3 is 2.65 bits per heavy atom. The first-order valence-corrected chi connectivity index (χ1v) is 6.53. The Morgan fingerprint density at radius 1 is 1.35 bits per heavy atom. The van der Waals surface area contributed by atoms with Crippen LogP contribution in [0.1, 0.15) is 19.4 Å². The first kappa shape index (κ1) is 16.4. The number of carbonyl (C=O) groups is 1. The van der Waals surface area contributed by atoms with Gasteiger partial charge in [0.05, 0.1) is 0 Å². The van der Waals surface area contributed by atoms with Gasteiger partial charge in [-0.3, -0.25) is 0 Å². The predicted molar refractivity (Wildman–Crippen MR) is 72.3 cm³/mol. The molecule has 2 unspecified atom stereocenters. The molecule has 1 aromatic rings. The Bertz CT molecular complexity index is 455. The highest BCUT2D eigenvalue weighted by Gasteiger charge is 2.13. The summed E-state index contributed by atoms with van der Waals surface area (Å²) in [5, 5.41) is 14.2. The van der Waals surface area contributed by atoms with E-state index in [0.717, 1.165) is 6.07 Å². The van der Waals surface area contributed by atoms with Crippen LogP contribution in [0.5, 0.6) is 0 Å². The molecule has 0 saturated heterocycles. The monoisotopic (exact) mass is 286 g/mol. The Labute approximate surface area is 117 Å². The second kappa shape index (κ2) is 7.79. The highest BCUT2D eigenvalue weighted by molar-refractivity contribution is 5.74. The van der Waals surface area contributed by atoms with Crippen molar-refractivity contribution in [3.63, 3.8) is 0 Å². The minimum absolute atomic E-state index is 0.0117. The molecule has 0 radical (unpaired) electrons. The van der Waals surface area contributed by atoms with Crippen LogP contribution in [0, 0.1) is 17.6 Å².